The van der Waals surface area contributed by atoms with Gasteiger partial charge in [0.2, 0.25) is 0 Å². The molecule has 0 fully saturated rings. The van der Waals surface area contributed by atoms with Crippen LogP contribution in [0.25, 0.3) is 122 Å². The molecule has 2 nitrogen and oxygen atoms in total. The van der Waals surface area contributed by atoms with Crippen molar-refractivity contribution >= 4 is 43.6 Å². The van der Waals surface area contributed by atoms with Gasteiger partial charge in [0.25, 0.3) is 0 Å². The monoisotopic (exact) mass is 864 g/mol. The molecule has 0 aliphatic heterocycles. The normalized spacial score (nSPS) is 11.5. The van der Waals surface area contributed by atoms with E-state index in [0.29, 0.717) is 0 Å². The Hall–Kier alpha value is -8.98. The minimum Gasteiger partial charge on any atom is -0.309 e. The molecule has 0 aliphatic carbocycles. The number of rotatable bonds is 8. The summed E-state index contributed by atoms with van der Waals surface area (Å²) in [6.07, 6.45) is 0. The molecular weight excluding hydrogens is 821 g/mol. The van der Waals surface area contributed by atoms with Gasteiger partial charge in [-0.2, -0.15) is 0 Å². The first-order valence-electron chi connectivity index (χ1n) is 23.4. The second-order valence-electron chi connectivity index (χ2n) is 17.7. The topological polar surface area (TPSA) is 9.86 Å². The summed E-state index contributed by atoms with van der Waals surface area (Å²) in [6.45, 7) is 0. The van der Waals surface area contributed by atoms with E-state index >= 15 is 0 Å². The maximum atomic E-state index is 2.39. The Balaban J connectivity index is 0.888. The second-order valence-corrected chi connectivity index (χ2v) is 17.7. The molecule has 0 spiro atoms. The molecule has 0 amide bonds. The fraction of sp³-hybridized carbons (Fsp3) is 0. The van der Waals surface area contributed by atoms with Crippen molar-refractivity contribution in [3.05, 3.63) is 267 Å². The first kappa shape index (κ1) is 39.4. The van der Waals surface area contributed by atoms with E-state index in [0.717, 1.165) is 11.4 Å². The molecule has 0 aliphatic rings. The molecule has 0 unspecified atom stereocenters. The van der Waals surface area contributed by atoms with Crippen molar-refractivity contribution in [2.75, 3.05) is 0 Å². The van der Waals surface area contributed by atoms with Gasteiger partial charge in [0, 0.05) is 32.9 Å². The van der Waals surface area contributed by atoms with Crippen LogP contribution < -0.4 is 0 Å². The number of hydrogen-bond acceptors (Lipinski definition) is 0. The molecule has 0 bridgehead atoms. The highest BCUT2D eigenvalue weighted by Crippen LogP contribution is 2.40. The summed E-state index contributed by atoms with van der Waals surface area (Å²) in [5.41, 5.74) is 21.5. The zero-order chi connectivity index (χ0) is 45.0. The van der Waals surface area contributed by atoms with Gasteiger partial charge in [0.1, 0.15) is 0 Å². The van der Waals surface area contributed by atoms with E-state index in [1.54, 1.807) is 0 Å². The average Bonchev–Trinajstić information content (AvgIpc) is 3.94. The summed E-state index contributed by atoms with van der Waals surface area (Å²) in [4.78, 5) is 0. The summed E-state index contributed by atoms with van der Waals surface area (Å²) in [7, 11) is 0. The maximum absolute atomic E-state index is 2.39. The van der Waals surface area contributed by atoms with E-state index in [-0.39, 0.29) is 0 Å². The van der Waals surface area contributed by atoms with Gasteiger partial charge < -0.3 is 9.13 Å². The molecular formula is C66H44N2. The van der Waals surface area contributed by atoms with Crippen LogP contribution in [-0.4, -0.2) is 9.13 Å². The van der Waals surface area contributed by atoms with E-state index < -0.39 is 0 Å². The first-order valence-corrected chi connectivity index (χ1v) is 23.4. The van der Waals surface area contributed by atoms with Crippen molar-refractivity contribution in [2.45, 2.75) is 0 Å². The lowest BCUT2D eigenvalue weighted by Gasteiger charge is -2.16. The average molecular weight is 865 g/mol. The van der Waals surface area contributed by atoms with Gasteiger partial charge in [-0.05, 0) is 127 Å². The zero-order valence-electron chi connectivity index (χ0n) is 37.3. The Kier molecular flexibility index (Phi) is 9.54. The summed E-state index contributed by atoms with van der Waals surface area (Å²) >= 11 is 0. The van der Waals surface area contributed by atoms with Gasteiger partial charge in [0.15, 0.2) is 0 Å². The highest BCUT2D eigenvalue weighted by atomic mass is 15.0. The van der Waals surface area contributed by atoms with Crippen LogP contribution in [0.1, 0.15) is 0 Å². The molecule has 2 heterocycles. The molecule has 13 rings (SSSR count). The Morgan fingerprint density at radius 2 is 0.500 bits per heavy atom. The Morgan fingerprint density at radius 1 is 0.176 bits per heavy atom. The lowest BCUT2D eigenvalue weighted by atomic mass is 9.90. The third-order valence-electron chi connectivity index (χ3n) is 13.8. The number of hydrogen-bond donors (Lipinski definition) is 0. The fourth-order valence-electron chi connectivity index (χ4n) is 10.5. The lowest BCUT2D eigenvalue weighted by molar-refractivity contribution is 1.18. The highest BCUT2D eigenvalue weighted by Gasteiger charge is 2.16. The largest absolute Gasteiger partial charge is 0.309 e. The van der Waals surface area contributed by atoms with Crippen molar-refractivity contribution in [3.63, 3.8) is 0 Å². The molecule has 0 atom stereocenters. The SMILES string of the molecule is c1ccc(-c2ccccc2-c2cccc(-c3ccc(-c4ccc(-c5ccc(-n6c7ccccc7c7ccccc76)cc5)c(-c5ccc(-n6c7ccccc7c7ccccc76)cc5)c4)cc3)c2)cc1. The minimum atomic E-state index is 1.14. The maximum Gasteiger partial charge on any atom is 0.0541 e. The second kappa shape index (κ2) is 16.5. The molecule has 13 aromatic rings. The van der Waals surface area contributed by atoms with Gasteiger partial charge in [-0.1, -0.05) is 206 Å². The number of aromatic nitrogens is 2. The van der Waals surface area contributed by atoms with Gasteiger partial charge in [-0.3, -0.25) is 0 Å². The van der Waals surface area contributed by atoms with E-state index in [1.165, 1.54) is 110 Å². The number of benzene rings is 11. The quantitative estimate of drug-likeness (QED) is 0.144. The predicted octanol–water partition coefficient (Wildman–Crippen LogP) is 17.9. The van der Waals surface area contributed by atoms with Gasteiger partial charge >= 0.3 is 0 Å². The van der Waals surface area contributed by atoms with E-state index in [1.807, 2.05) is 0 Å². The molecule has 0 saturated carbocycles. The third kappa shape index (κ3) is 6.73. The van der Waals surface area contributed by atoms with Crippen molar-refractivity contribution in [2.24, 2.45) is 0 Å². The van der Waals surface area contributed by atoms with Crippen molar-refractivity contribution in [1.82, 2.24) is 9.13 Å². The molecule has 0 N–H and O–H groups in total. The fourth-order valence-corrected chi connectivity index (χ4v) is 10.5. The summed E-state index contributed by atoms with van der Waals surface area (Å²) in [5, 5.41) is 5.05. The summed E-state index contributed by atoms with van der Waals surface area (Å²) < 4.78 is 4.77. The minimum absolute atomic E-state index is 1.14. The smallest absolute Gasteiger partial charge is 0.0541 e. The molecule has 2 heteroatoms. The van der Waals surface area contributed by atoms with Crippen LogP contribution in [0, 0.1) is 0 Å². The van der Waals surface area contributed by atoms with Crippen LogP contribution in [0.5, 0.6) is 0 Å². The van der Waals surface area contributed by atoms with Gasteiger partial charge in [0.05, 0.1) is 22.1 Å². The standard InChI is InChI=1S/C66H44N2/c1-2-15-47(16-3-1)55-19-4-5-20-56(55)52-18-14-17-50(43-52)45-29-31-46(32-30-45)51-37-42-57(48-33-38-53(39-34-48)67-63-25-10-6-21-58(63)59-22-7-11-26-64(59)67)62(44-51)49-35-40-54(41-36-49)68-65-27-12-8-23-60(65)61-24-9-13-28-66(61)68/h1-44H. The molecule has 318 valence electrons. The van der Waals surface area contributed by atoms with Crippen molar-refractivity contribution in [1.29, 1.82) is 0 Å². The Bertz CT molecular complexity index is 3880. The Morgan fingerprint density at radius 3 is 1.00 bits per heavy atom. The van der Waals surface area contributed by atoms with E-state index in [4.69, 9.17) is 0 Å². The van der Waals surface area contributed by atoms with Gasteiger partial charge in [-0.25, -0.2) is 0 Å². The number of nitrogens with zero attached hydrogens (tertiary/aromatic N) is 2. The number of para-hydroxylation sites is 4. The van der Waals surface area contributed by atoms with Gasteiger partial charge in [-0.15, -0.1) is 0 Å². The Labute approximate surface area is 395 Å². The van der Waals surface area contributed by atoms with Crippen LogP contribution in [-0.2, 0) is 0 Å². The van der Waals surface area contributed by atoms with Crippen molar-refractivity contribution in [3.8, 4) is 78.1 Å². The van der Waals surface area contributed by atoms with E-state index in [2.05, 4.69) is 276 Å². The predicted molar refractivity (Wildman–Crippen MR) is 288 cm³/mol. The van der Waals surface area contributed by atoms with Crippen LogP contribution >= 0.6 is 0 Å². The summed E-state index contributed by atoms with van der Waals surface area (Å²) in [5.74, 6) is 0. The van der Waals surface area contributed by atoms with Crippen LogP contribution in [0.4, 0.5) is 0 Å². The van der Waals surface area contributed by atoms with Crippen LogP contribution in [0.3, 0.4) is 0 Å². The molecule has 11 aromatic carbocycles. The lowest BCUT2D eigenvalue weighted by Crippen LogP contribution is -1.95. The first-order chi connectivity index (χ1) is 33.7. The zero-order valence-corrected chi connectivity index (χ0v) is 37.3. The molecule has 2 aromatic heterocycles. The van der Waals surface area contributed by atoms with Crippen LogP contribution in [0.2, 0.25) is 0 Å². The molecule has 0 saturated heterocycles. The molecule has 0 radical (unpaired) electrons. The number of fused-ring (bicyclic) bond motifs is 6. The van der Waals surface area contributed by atoms with Crippen molar-refractivity contribution < 1.29 is 0 Å². The van der Waals surface area contributed by atoms with E-state index in [9.17, 15) is 0 Å². The van der Waals surface area contributed by atoms with Crippen LogP contribution in [0.15, 0.2) is 267 Å². The third-order valence-corrected chi connectivity index (χ3v) is 13.8. The summed E-state index contributed by atoms with van der Waals surface area (Å²) in [6, 6.07) is 97.4. The molecule has 68 heavy (non-hydrogen) atoms. The highest BCUT2D eigenvalue weighted by molar-refractivity contribution is 6.10.